The Morgan fingerprint density at radius 2 is 2.00 bits per heavy atom. The van der Waals surface area contributed by atoms with Crippen LogP contribution in [0.3, 0.4) is 0 Å². The zero-order chi connectivity index (χ0) is 13.8. The van der Waals surface area contributed by atoms with E-state index in [1.165, 1.54) is 18.2 Å². The van der Waals surface area contributed by atoms with Gasteiger partial charge in [0.15, 0.2) is 0 Å². The summed E-state index contributed by atoms with van der Waals surface area (Å²) < 4.78 is 0. The highest BCUT2D eigenvalue weighted by Crippen LogP contribution is 2.23. The molecule has 0 aliphatic heterocycles. The van der Waals surface area contributed by atoms with E-state index >= 15 is 0 Å². The molecule has 0 saturated carbocycles. The zero-order valence-electron chi connectivity index (χ0n) is 9.82. The minimum atomic E-state index is -0.536. The fourth-order valence-corrected chi connectivity index (χ4v) is 1.90. The second kappa shape index (κ2) is 5.62. The Morgan fingerprint density at radius 1 is 1.32 bits per heavy atom. The molecule has 6 heteroatoms. The van der Waals surface area contributed by atoms with Crippen molar-refractivity contribution in [3.8, 4) is 0 Å². The first kappa shape index (κ1) is 13.2. The average Bonchev–Trinajstić information content (AvgIpc) is 2.40. The van der Waals surface area contributed by atoms with Gasteiger partial charge >= 0.3 is 0 Å². The van der Waals surface area contributed by atoms with Crippen molar-refractivity contribution in [2.75, 3.05) is 5.32 Å². The molecule has 0 heterocycles. The number of nitro groups is 1. The Kier molecular flexibility index (Phi) is 3.91. The predicted octanol–water partition coefficient (Wildman–Crippen LogP) is 1.70. The summed E-state index contributed by atoms with van der Waals surface area (Å²) in [5.74, 6) is -0.394. The van der Waals surface area contributed by atoms with Gasteiger partial charge < -0.3 is 10.4 Å². The molecule has 0 radical (unpaired) electrons. The number of anilines is 1. The summed E-state index contributed by atoms with van der Waals surface area (Å²) in [5.41, 5.74) is 0.760. The Labute approximate surface area is 115 Å². The molecule has 98 valence electrons. The van der Waals surface area contributed by atoms with Crippen LogP contribution in [-0.4, -0.2) is 10.2 Å². The molecule has 0 spiro atoms. The Balaban J connectivity index is 2.29. The number of para-hydroxylation sites is 1. The third kappa shape index (κ3) is 3.17. The number of hydrogen-bond acceptors (Lipinski definition) is 5. The lowest BCUT2D eigenvalue weighted by Crippen LogP contribution is -2.21. The monoisotopic (exact) mass is 275 g/mol. The van der Waals surface area contributed by atoms with Crippen LogP contribution in [0.1, 0.15) is 0 Å². The van der Waals surface area contributed by atoms with Crippen LogP contribution in [0, 0.1) is 10.1 Å². The van der Waals surface area contributed by atoms with Crippen molar-refractivity contribution in [3.05, 3.63) is 75.8 Å². The molecule has 0 unspecified atom stereocenters. The molecule has 0 saturated heterocycles. The molecule has 1 aromatic rings. The molecule has 2 rings (SSSR count). The van der Waals surface area contributed by atoms with Crippen LogP contribution in [0.25, 0.3) is 0 Å². The first-order chi connectivity index (χ1) is 9.08. The number of allylic oxidation sites excluding steroid dienone is 2. The minimum absolute atomic E-state index is 0.122. The molecule has 1 aliphatic carbocycles. The van der Waals surface area contributed by atoms with Crippen LogP contribution < -0.4 is 10.4 Å². The molecule has 0 bridgehead atoms. The molecule has 1 aromatic carbocycles. The van der Waals surface area contributed by atoms with Crippen molar-refractivity contribution in [3.63, 3.8) is 0 Å². The lowest BCUT2D eigenvalue weighted by molar-refractivity contribution is -0.419. The van der Waals surface area contributed by atoms with Gasteiger partial charge in [0.2, 0.25) is 0 Å². The fourth-order valence-electron chi connectivity index (χ4n) is 1.62. The highest BCUT2D eigenvalue weighted by Gasteiger charge is 2.17. The van der Waals surface area contributed by atoms with Crippen LogP contribution in [-0.2, 0) is 0 Å². The Bertz CT molecular complexity index is 579. The van der Waals surface area contributed by atoms with Gasteiger partial charge in [-0.15, -0.1) is 0 Å². The predicted molar refractivity (Wildman–Crippen MR) is 74.1 cm³/mol. The second-order valence-electron chi connectivity index (χ2n) is 3.91. The standard InChI is InChI=1S/C13H12N2O3S/c16-13(14-9-4-2-1-3-5-9)11-8-10(15(17)18)6-7-12(11)19/h1-8,12,14,16,19H/p-1/b13-11-/t12-/m1/s1. The van der Waals surface area contributed by atoms with Gasteiger partial charge in [0, 0.05) is 23.1 Å². The first-order valence-electron chi connectivity index (χ1n) is 5.53. The zero-order valence-corrected chi connectivity index (χ0v) is 10.7. The van der Waals surface area contributed by atoms with Crippen LogP contribution in [0.5, 0.6) is 0 Å². The lowest BCUT2D eigenvalue weighted by atomic mass is 10.1. The summed E-state index contributed by atoms with van der Waals surface area (Å²) in [6, 6.07) is 8.89. The van der Waals surface area contributed by atoms with Crippen LogP contribution >= 0.6 is 12.6 Å². The molecular weight excluding hydrogens is 264 g/mol. The Morgan fingerprint density at radius 3 is 2.63 bits per heavy atom. The molecule has 1 atom stereocenters. The number of rotatable bonds is 3. The van der Waals surface area contributed by atoms with E-state index in [4.69, 9.17) is 0 Å². The van der Waals surface area contributed by atoms with E-state index in [2.05, 4.69) is 17.9 Å². The Hall–Kier alpha value is -2.21. The highest BCUT2D eigenvalue weighted by atomic mass is 32.1. The summed E-state index contributed by atoms with van der Waals surface area (Å²) in [4.78, 5) is 10.2. The van der Waals surface area contributed by atoms with Crippen LogP contribution in [0.15, 0.2) is 65.7 Å². The van der Waals surface area contributed by atoms with Gasteiger partial charge in [-0.05, 0) is 23.6 Å². The minimum Gasteiger partial charge on any atom is -0.860 e. The molecule has 5 nitrogen and oxygen atoms in total. The number of hydrogen-bond donors (Lipinski definition) is 2. The molecule has 0 amide bonds. The number of thiol groups is 1. The van der Waals surface area contributed by atoms with E-state index < -0.39 is 16.1 Å². The highest BCUT2D eigenvalue weighted by molar-refractivity contribution is 7.81. The maximum atomic E-state index is 12.0. The number of nitrogens with one attached hydrogen (secondary N) is 1. The van der Waals surface area contributed by atoms with Crippen LogP contribution in [0.2, 0.25) is 0 Å². The first-order valence-corrected chi connectivity index (χ1v) is 6.05. The van der Waals surface area contributed by atoms with Gasteiger partial charge in [-0.3, -0.25) is 10.1 Å². The van der Waals surface area contributed by atoms with Gasteiger partial charge in [-0.1, -0.05) is 24.3 Å². The third-order valence-corrected chi connectivity index (χ3v) is 3.03. The van der Waals surface area contributed by atoms with E-state index in [1.807, 2.05) is 6.07 Å². The molecular formula is C13H11N2O3S-. The van der Waals surface area contributed by atoms with Crippen molar-refractivity contribution in [2.24, 2.45) is 0 Å². The average molecular weight is 275 g/mol. The summed E-state index contributed by atoms with van der Waals surface area (Å²) in [7, 11) is 0. The van der Waals surface area contributed by atoms with Crippen molar-refractivity contribution < 1.29 is 10.0 Å². The van der Waals surface area contributed by atoms with Gasteiger partial charge in [0.05, 0.1) is 4.92 Å². The van der Waals surface area contributed by atoms with E-state index in [-0.39, 0.29) is 11.3 Å². The van der Waals surface area contributed by atoms with Crippen LogP contribution in [0.4, 0.5) is 5.69 Å². The molecule has 0 fully saturated rings. The van der Waals surface area contributed by atoms with E-state index in [0.717, 1.165) is 0 Å². The van der Waals surface area contributed by atoms with Crippen molar-refractivity contribution >= 4 is 18.3 Å². The smallest absolute Gasteiger partial charge is 0.269 e. The van der Waals surface area contributed by atoms with Gasteiger partial charge in [-0.25, -0.2) is 0 Å². The summed E-state index contributed by atoms with van der Waals surface area (Å²) in [6.45, 7) is 0. The quantitative estimate of drug-likeness (QED) is 0.381. The summed E-state index contributed by atoms with van der Waals surface area (Å²) in [5, 5.41) is 25.0. The van der Waals surface area contributed by atoms with E-state index in [0.29, 0.717) is 5.69 Å². The van der Waals surface area contributed by atoms with E-state index in [1.54, 1.807) is 24.3 Å². The normalized spacial score (nSPS) is 20.7. The largest absolute Gasteiger partial charge is 0.860 e. The molecule has 1 N–H and O–H groups in total. The van der Waals surface area contributed by atoms with Gasteiger partial charge in [0.1, 0.15) is 0 Å². The molecule has 1 aliphatic rings. The summed E-state index contributed by atoms with van der Waals surface area (Å²) in [6.07, 6.45) is 4.11. The van der Waals surface area contributed by atoms with Crippen molar-refractivity contribution in [1.29, 1.82) is 0 Å². The van der Waals surface area contributed by atoms with E-state index in [9.17, 15) is 15.2 Å². The molecule has 0 aromatic heterocycles. The number of nitrogens with zero attached hydrogens (tertiary/aromatic N) is 1. The van der Waals surface area contributed by atoms with Gasteiger partial charge in [0.25, 0.3) is 5.70 Å². The lowest BCUT2D eigenvalue weighted by Gasteiger charge is -2.23. The van der Waals surface area contributed by atoms with Gasteiger partial charge in [-0.2, -0.15) is 12.6 Å². The summed E-state index contributed by atoms with van der Waals surface area (Å²) >= 11 is 4.22. The SMILES string of the molecule is O=[N+]([O-])C1=C/C(=C(/[O-])Nc2ccccc2)[C@H](S)C=C1. The maximum Gasteiger partial charge on any atom is 0.269 e. The van der Waals surface area contributed by atoms with Crippen molar-refractivity contribution in [1.82, 2.24) is 0 Å². The molecule has 19 heavy (non-hydrogen) atoms. The topological polar surface area (TPSA) is 78.2 Å². The fraction of sp³-hybridized carbons (Fsp3) is 0.0769. The third-order valence-electron chi connectivity index (χ3n) is 2.58. The second-order valence-corrected chi connectivity index (χ2v) is 4.46. The maximum absolute atomic E-state index is 12.0. The van der Waals surface area contributed by atoms with Crippen molar-refractivity contribution in [2.45, 2.75) is 5.25 Å². The number of benzene rings is 1.